The van der Waals surface area contributed by atoms with Crippen LogP contribution in [0.5, 0.6) is 0 Å². The highest BCUT2D eigenvalue weighted by Gasteiger charge is 2.32. The van der Waals surface area contributed by atoms with Crippen LogP contribution in [-0.2, 0) is 0 Å². The number of pyridine rings is 1. The summed E-state index contributed by atoms with van der Waals surface area (Å²) in [6.07, 6.45) is 2.33. The third-order valence-electron chi connectivity index (χ3n) is 3.08. The van der Waals surface area contributed by atoms with Gasteiger partial charge in [-0.2, -0.15) is 0 Å². The van der Waals surface area contributed by atoms with Crippen molar-refractivity contribution < 1.29 is 14.3 Å². The van der Waals surface area contributed by atoms with Crippen LogP contribution in [0.2, 0.25) is 0 Å². The van der Waals surface area contributed by atoms with Gasteiger partial charge in [0.25, 0.3) is 5.91 Å². The molecule has 2 heterocycles. The molecule has 1 amide bonds. The van der Waals surface area contributed by atoms with Crippen LogP contribution in [-0.4, -0.2) is 39.6 Å². The summed E-state index contributed by atoms with van der Waals surface area (Å²) in [5.74, 6) is -0.984. The second-order valence-electron chi connectivity index (χ2n) is 4.91. The van der Waals surface area contributed by atoms with Crippen molar-refractivity contribution in [2.24, 2.45) is 0 Å². The van der Waals surface area contributed by atoms with E-state index in [-0.39, 0.29) is 23.8 Å². The Kier molecular flexibility index (Phi) is 3.21. The zero-order valence-corrected chi connectivity index (χ0v) is 10.2. The molecule has 98 valence electrons. The molecule has 1 aliphatic heterocycles. The van der Waals surface area contributed by atoms with Gasteiger partial charge in [-0.3, -0.25) is 4.79 Å². The van der Waals surface area contributed by atoms with Gasteiger partial charge >= 0.3 is 0 Å². The molecule has 0 aliphatic carbocycles. The summed E-state index contributed by atoms with van der Waals surface area (Å²) in [5, 5.41) is 9.95. The maximum atomic E-state index is 13.1. The topological polar surface area (TPSA) is 79.5 Å². The number of aliphatic hydroxyl groups is 1. The number of rotatable bonds is 1. The number of nitrogens with zero attached hydrogens (tertiary/aromatic N) is 2. The Labute approximate surface area is 104 Å². The molecule has 0 saturated carbocycles. The van der Waals surface area contributed by atoms with Gasteiger partial charge in [0.2, 0.25) is 0 Å². The van der Waals surface area contributed by atoms with Crippen molar-refractivity contribution >= 4 is 11.7 Å². The Morgan fingerprint density at radius 2 is 2.39 bits per heavy atom. The number of amides is 1. The zero-order valence-electron chi connectivity index (χ0n) is 10.2. The molecule has 0 aromatic carbocycles. The van der Waals surface area contributed by atoms with Gasteiger partial charge in [0.15, 0.2) is 0 Å². The SMILES string of the molecule is CC1(O)CCCN(C(=O)c2cc(F)cnc2N)C1. The Morgan fingerprint density at radius 1 is 1.67 bits per heavy atom. The number of carbonyl (C=O) groups is 1. The lowest BCUT2D eigenvalue weighted by molar-refractivity contribution is -0.0107. The van der Waals surface area contributed by atoms with Crippen molar-refractivity contribution in [1.82, 2.24) is 9.88 Å². The van der Waals surface area contributed by atoms with E-state index in [0.717, 1.165) is 12.3 Å². The highest BCUT2D eigenvalue weighted by Crippen LogP contribution is 2.23. The fourth-order valence-electron chi connectivity index (χ4n) is 2.18. The molecule has 3 N–H and O–H groups in total. The lowest BCUT2D eigenvalue weighted by atomic mass is 9.95. The quantitative estimate of drug-likeness (QED) is 0.775. The van der Waals surface area contributed by atoms with Crippen LogP contribution in [0.15, 0.2) is 12.3 Å². The van der Waals surface area contributed by atoms with E-state index in [9.17, 15) is 14.3 Å². The Hall–Kier alpha value is -1.69. The molecule has 6 heteroatoms. The Balaban J connectivity index is 2.23. The second-order valence-corrected chi connectivity index (χ2v) is 4.91. The third kappa shape index (κ3) is 2.59. The first-order chi connectivity index (χ1) is 8.39. The molecule has 1 aliphatic rings. The number of piperidine rings is 1. The predicted molar refractivity (Wildman–Crippen MR) is 64.4 cm³/mol. The fourth-order valence-corrected chi connectivity index (χ4v) is 2.18. The minimum Gasteiger partial charge on any atom is -0.388 e. The molecule has 1 fully saturated rings. The van der Waals surface area contributed by atoms with Gasteiger partial charge in [0.1, 0.15) is 11.6 Å². The number of β-amino-alcohol motifs (C(OH)–C–C–N with tert-alkyl or cyclic N) is 1. The summed E-state index contributed by atoms with van der Waals surface area (Å²) < 4.78 is 13.1. The lowest BCUT2D eigenvalue weighted by Crippen LogP contribution is -2.48. The fraction of sp³-hybridized carbons (Fsp3) is 0.500. The summed E-state index contributed by atoms with van der Waals surface area (Å²) in [7, 11) is 0. The van der Waals surface area contributed by atoms with Crippen molar-refractivity contribution in [1.29, 1.82) is 0 Å². The molecule has 2 rings (SSSR count). The van der Waals surface area contributed by atoms with E-state index in [4.69, 9.17) is 5.73 Å². The molecule has 1 aromatic rings. The number of carbonyl (C=O) groups excluding carboxylic acids is 1. The Morgan fingerprint density at radius 3 is 3.06 bits per heavy atom. The minimum atomic E-state index is -0.899. The van der Waals surface area contributed by atoms with Gasteiger partial charge in [-0.05, 0) is 25.8 Å². The van der Waals surface area contributed by atoms with Gasteiger partial charge < -0.3 is 15.7 Å². The Bertz CT molecular complexity index is 476. The number of aromatic nitrogens is 1. The molecular formula is C12H16FN3O2. The monoisotopic (exact) mass is 253 g/mol. The standard InChI is InChI=1S/C12H16FN3O2/c1-12(18)3-2-4-16(7-12)11(17)9-5-8(13)6-15-10(9)14/h5-6,18H,2-4,7H2,1H3,(H2,14,15). The van der Waals surface area contributed by atoms with Gasteiger partial charge in [-0.15, -0.1) is 0 Å². The average Bonchev–Trinajstić information content (AvgIpc) is 2.30. The summed E-state index contributed by atoms with van der Waals surface area (Å²) in [4.78, 5) is 17.3. The number of hydrogen-bond acceptors (Lipinski definition) is 4. The van der Waals surface area contributed by atoms with Crippen LogP contribution in [0.1, 0.15) is 30.1 Å². The largest absolute Gasteiger partial charge is 0.388 e. The number of hydrogen-bond donors (Lipinski definition) is 2. The van der Waals surface area contributed by atoms with E-state index in [1.807, 2.05) is 0 Å². The highest BCUT2D eigenvalue weighted by atomic mass is 19.1. The van der Waals surface area contributed by atoms with Gasteiger partial charge in [0, 0.05) is 13.1 Å². The van der Waals surface area contributed by atoms with Crippen LogP contribution in [0, 0.1) is 5.82 Å². The number of halogens is 1. The van der Waals surface area contributed by atoms with Crippen molar-refractivity contribution in [3.63, 3.8) is 0 Å². The van der Waals surface area contributed by atoms with E-state index < -0.39 is 11.4 Å². The van der Waals surface area contributed by atoms with Crippen molar-refractivity contribution in [3.8, 4) is 0 Å². The van der Waals surface area contributed by atoms with Gasteiger partial charge in [0.05, 0.1) is 17.4 Å². The number of anilines is 1. The summed E-state index contributed by atoms with van der Waals surface area (Å²) in [6, 6.07) is 1.08. The van der Waals surface area contributed by atoms with Crippen molar-refractivity contribution in [2.75, 3.05) is 18.8 Å². The molecule has 1 atom stereocenters. The number of nitrogen functional groups attached to an aromatic ring is 1. The van der Waals surface area contributed by atoms with E-state index in [1.165, 1.54) is 4.90 Å². The second kappa shape index (κ2) is 4.53. The molecule has 5 nitrogen and oxygen atoms in total. The first kappa shape index (κ1) is 12.8. The van der Waals surface area contributed by atoms with Crippen LogP contribution >= 0.6 is 0 Å². The van der Waals surface area contributed by atoms with Crippen LogP contribution in [0.25, 0.3) is 0 Å². The molecule has 0 bridgehead atoms. The maximum Gasteiger partial charge on any atom is 0.257 e. The van der Waals surface area contributed by atoms with E-state index in [2.05, 4.69) is 4.98 Å². The average molecular weight is 253 g/mol. The van der Waals surface area contributed by atoms with E-state index in [1.54, 1.807) is 6.92 Å². The lowest BCUT2D eigenvalue weighted by Gasteiger charge is -2.36. The third-order valence-corrected chi connectivity index (χ3v) is 3.08. The molecule has 0 spiro atoms. The summed E-state index contributed by atoms with van der Waals surface area (Å²) >= 11 is 0. The van der Waals surface area contributed by atoms with Crippen LogP contribution < -0.4 is 5.73 Å². The molecular weight excluding hydrogens is 237 g/mol. The molecule has 1 unspecified atom stereocenters. The van der Waals surface area contributed by atoms with Gasteiger partial charge in [-0.25, -0.2) is 9.37 Å². The first-order valence-electron chi connectivity index (χ1n) is 5.82. The normalized spacial score (nSPS) is 24.1. The molecule has 1 saturated heterocycles. The predicted octanol–water partition coefficient (Wildman–Crippen LogP) is 0.790. The maximum absolute atomic E-state index is 13.1. The number of likely N-dealkylation sites (tertiary alicyclic amines) is 1. The van der Waals surface area contributed by atoms with Crippen LogP contribution in [0.3, 0.4) is 0 Å². The molecule has 0 radical (unpaired) electrons. The zero-order chi connectivity index (χ0) is 13.3. The highest BCUT2D eigenvalue weighted by molar-refractivity contribution is 5.98. The van der Waals surface area contributed by atoms with Crippen molar-refractivity contribution in [2.45, 2.75) is 25.4 Å². The summed E-state index contributed by atoms with van der Waals surface area (Å²) in [5.41, 5.74) is 4.73. The molecule has 18 heavy (non-hydrogen) atoms. The number of nitrogens with two attached hydrogens (primary N) is 1. The molecule has 1 aromatic heterocycles. The van der Waals surface area contributed by atoms with E-state index >= 15 is 0 Å². The summed E-state index contributed by atoms with van der Waals surface area (Å²) in [6.45, 7) is 2.44. The minimum absolute atomic E-state index is 0.00613. The van der Waals surface area contributed by atoms with Crippen molar-refractivity contribution in [3.05, 3.63) is 23.6 Å². The van der Waals surface area contributed by atoms with Gasteiger partial charge in [-0.1, -0.05) is 0 Å². The van der Waals surface area contributed by atoms with Crippen LogP contribution in [0.4, 0.5) is 10.2 Å². The first-order valence-corrected chi connectivity index (χ1v) is 5.82. The smallest absolute Gasteiger partial charge is 0.257 e. The van der Waals surface area contributed by atoms with E-state index in [0.29, 0.717) is 19.4 Å².